The lowest BCUT2D eigenvalue weighted by molar-refractivity contribution is 1.28. The van der Waals surface area contributed by atoms with Crippen LogP contribution < -0.4 is 0 Å². The van der Waals surface area contributed by atoms with Gasteiger partial charge in [0.25, 0.3) is 0 Å². The second-order valence-corrected chi connectivity index (χ2v) is 8.27. The number of rotatable bonds is 2. The number of hydrogen-bond acceptors (Lipinski definition) is 2. The number of alkyl halides is 1. The Hall–Kier alpha value is 0.840. The van der Waals surface area contributed by atoms with Crippen molar-refractivity contribution < 1.29 is 0 Å². The maximum Gasteiger partial charge on any atom is 0.0843 e. The largest absolute Gasteiger partial charge is 0.147 e. The number of aryl methyl sites for hydroxylation is 1. The monoisotopic (exact) mass is 428 g/mol. The van der Waals surface area contributed by atoms with E-state index in [0.717, 1.165) is 8.26 Å². The number of thiophene rings is 2. The van der Waals surface area contributed by atoms with Crippen molar-refractivity contribution in [3.8, 4) is 0 Å². The Balaban J connectivity index is 2.31. The minimum atomic E-state index is 0.309. The first kappa shape index (κ1) is 12.3. The Labute approximate surface area is 122 Å². The molecule has 0 aromatic carbocycles. The van der Waals surface area contributed by atoms with E-state index < -0.39 is 0 Å². The van der Waals surface area contributed by atoms with E-state index in [4.69, 9.17) is 0 Å². The van der Waals surface area contributed by atoms with Crippen LogP contribution in [-0.2, 0) is 0 Å². The molecule has 2 heterocycles. The Morgan fingerprint density at radius 2 is 1.93 bits per heavy atom. The summed E-state index contributed by atoms with van der Waals surface area (Å²) in [6, 6.07) is 4.38. The summed E-state index contributed by atoms with van der Waals surface area (Å²) in [4.78, 5) is 2.98. The predicted octanol–water partition coefficient (Wildman–Crippen LogP) is 6.13. The minimum absolute atomic E-state index is 0.309. The van der Waals surface area contributed by atoms with Crippen molar-refractivity contribution in [2.45, 2.75) is 11.8 Å². The van der Waals surface area contributed by atoms with Gasteiger partial charge in [-0.15, -0.1) is 22.7 Å². The zero-order valence-electron chi connectivity index (χ0n) is 7.76. The standard InChI is InChI=1S/C10H7Br3S2/c1-5-2-7(14-4-5)9(12)8-3-6(11)10(13)15-8/h2-4,9H,1H3. The van der Waals surface area contributed by atoms with E-state index >= 15 is 0 Å². The molecule has 0 N–H and O–H groups in total. The smallest absolute Gasteiger partial charge is 0.0843 e. The average Bonchev–Trinajstić information content (AvgIpc) is 2.74. The van der Waals surface area contributed by atoms with Gasteiger partial charge in [0.2, 0.25) is 0 Å². The Bertz CT molecular complexity index is 453. The maximum absolute atomic E-state index is 3.73. The van der Waals surface area contributed by atoms with Gasteiger partial charge in [-0.1, -0.05) is 15.9 Å². The summed E-state index contributed by atoms with van der Waals surface area (Å²) in [7, 11) is 0. The van der Waals surface area contributed by atoms with Gasteiger partial charge in [-0.25, -0.2) is 0 Å². The molecule has 0 nitrogen and oxygen atoms in total. The molecule has 0 aliphatic rings. The van der Waals surface area contributed by atoms with E-state index in [1.54, 1.807) is 22.7 Å². The Kier molecular flexibility index (Phi) is 4.10. The second kappa shape index (κ2) is 5.00. The first-order chi connectivity index (χ1) is 7.08. The highest BCUT2D eigenvalue weighted by Gasteiger charge is 2.16. The van der Waals surface area contributed by atoms with Crippen LogP contribution in [0.5, 0.6) is 0 Å². The molecule has 0 saturated carbocycles. The Morgan fingerprint density at radius 3 is 2.40 bits per heavy atom. The van der Waals surface area contributed by atoms with Gasteiger partial charge in [0.1, 0.15) is 0 Å². The lowest BCUT2D eigenvalue weighted by Gasteiger charge is -2.03. The molecule has 2 aromatic heterocycles. The van der Waals surface area contributed by atoms with E-state index in [1.807, 2.05) is 0 Å². The van der Waals surface area contributed by atoms with Crippen molar-refractivity contribution in [3.05, 3.63) is 41.1 Å². The summed E-state index contributed by atoms with van der Waals surface area (Å²) in [5, 5.41) is 2.18. The zero-order chi connectivity index (χ0) is 11.0. The topological polar surface area (TPSA) is 0 Å². The maximum atomic E-state index is 3.73. The van der Waals surface area contributed by atoms with Gasteiger partial charge in [0.15, 0.2) is 0 Å². The van der Waals surface area contributed by atoms with Crippen LogP contribution in [0.15, 0.2) is 25.8 Å². The van der Waals surface area contributed by atoms with Crippen molar-refractivity contribution >= 4 is 70.5 Å². The predicted molar refractivity (Wildman–Crippen MR) is 79.5 cm³/mol. The molecular weight excluding hydrogens is 424 g/mol. The summed E-state index contributed by atoms with van der Waals surface area (Å²) >= 11 is 14.3. The summed E-state index contributed by atoms with van der Waals surface area (Å²) in [5.74, 6) is 0. The van der Waals surface area contributed by atoms with Crippen LogP contribution >= 0.6 is 70.5 Å². The molecule has 0 aliphatic carbocycles. The second-order valence-electron chi connectivity index (χ2n) is 3.16. The van der Waals surface area contributed by atoms with Crippen LogP contribution in [0.2, 0.25) is 0 Å². The zero-order valence-corrected chi connectivity index (χ0v) is 14.2. The number of hydrogen-bond donors (Lipinski definition) is 0. The summed E-state index contributed by atoms with van der Waals surface area (Å²) in [6.45, 7) is 2.12. The van der Waals surface area contributed by atoms with Crippen molar-refractivity contribution in [1.82, 2.24) is 0 Å². The normalized spacial score (nSPS) is 13.1. The van der Waals surface area contributed by atoms with Crippen LogP contribution in [0.25, 0.3) is 0 Å². The molecule has 0 radical (unpaired) electrons. The third-order valence-corrected chi connectivity index (χ3v) is 7.94. The van der Waals surface area contributed by atoms with Crippen molar-refractivity contribution in [1.29, 1.82) is 0 Å². The highest BCUT2D eigenvalue weighted by atomic mass is 79.9. The highest BCUT2D eigenvalue weighted by molar-refractivity contribution is 9.13. The first-order valence-corrected chi connectivity index (χ1v) is 8.41. The van der Waals surface area contributed by atoms with Gasteiger partial charge in [0.05, 0.1) is 8.61 Å². The molecule has 0 saturated heterocycles. The van der Waals surface area contributed by atoms with Crippen LogP contribution in [0.1, 0.15) is 20.1 Å². The molecule has 0 fully saturated rings. The third kappa shape index (κ3) is 2.75. The molecule has 5 heteroatoms. The molecule has 2 rings (SSSR count). The average molecular weight is 431 g/mol. The molecule has 15 heavy (non-hydrogen) atoms. The molecule has 1 unspecified atom stereocenters. The van der Waals surface area contributed by atoms with Crippen LogP contribution in [0, 0.1) is 6.92 Å². The van der Waals surface area contributed by atoms with E-state index in [2.05, 4.69) is 72.2 Å². The quantitative estimate of drug-likeness (QED) is 0.503. The molecule has 0 spiro atoms. The van der Waals surface area contributed by atoms with Gasteiger partial charge in [-0.05, 0) is 61.9 Å². The van der Waals surface area contributed by atoms with Crippen molar-refractivity contribution in [3.63, 3.8) is 0 Å². The van der Waals surface area contributed by atoms with E-state index in [0.29, 0.717) is 4.83 Å². The van der Waals surface area contributed by atoms with Gasteiger partial charge in [-0.2, -0.15) is 0 Å². The summed E-state index contributed by atoms with van der Waals surface area (Å²) in [5.41, 5.74) is 1.33. The summed E-state index contributed by atoms with van der Waals surface area (Å²) in [6.07, 6.45) is 0. The molecule has 0 aliphatic heterocycles. The lowest BCUT2D eigenvalue weighted by Crippen LogP contribution is -1.83. The van der Waals surface area contributed by atoms with Crippen molar-refractivity contribution in [2.24, 2.45) is 0 Å². The Morgan fingerprint density at radius 1 is 1.20 bits per heavy atom. The molecule has 0 bridgehead atoms. The minimum Gasteiger partial charge on any atom is -0.147 e. The fourth-order valence-corrected chi connectivity index (χ4v) is 5.13. The fourth-order valence-electron chi connectivity index (χ4n) is 1.21. The first-order valence-electron chi connectivity index (χ1n) is 4.21. The molecule has 80 valence electrons. The van der Waals surface area contributed by atoms with Gasteiger partial charge >= 0.3 is 0 Å². The molecular formula is C10H7Br3S2. The molecule has 2 aromatic rings. The van der Waals surface area contributed by atoms with Gasteiger partial charge < -0.3 is 0 Å². The lowest BCUT2D eigenvalue weighted by atomic mass is 10.2. The molecule has 0 amide bonds. The number of halogens is 3. The van der Waals surface area contributed by atoms with Crippen molar-refractivity contribution in [2.75, 3.05) is 0 Å². The van der Waals surface area contributed by atoms with Gasteiger partial charge in [-0.3, -0.25) is 0 Å². The van der Waals surface area contributed by atoms with Crippen LogP contribution in [0.3, 0.4) is 0 Å². The SMILES string of the molecule is Cc1csc(C(Br)c2cc(Br)c(Br)s2)c1. The van der Waals surface area contributed by atoms with Gasteiger partial charge in [0, 0.05) is 14.2 Å². The van der Waals surface area contributed by atoms with Crippen LogP contribution in [-0.4, -0.2) is 0 Å². The summed E-state index contributed by atoms with van der Waals surface area (Å²) < 4.78 is 2.27. The highest BCUT2D eigenvalue weighted by Crippen LogP contribution is 2.42. The fraction of sp³-hybridized carbons (Fsp3) is 0.200. The van der Waals surface area contributed by atoms with Crippen LogP contribution in [0.4, 0.5) is 0 Å². The molecule has 1 atom stereocenters. The van der Waals surface area contributed by atoms with E-state index in [9.17, 15) is 0 Å². The third-order valence-electron chi connectivity index (χ3n) is 1.91. The van der Waals surface area contributed by atoms with E-state index in [1.165, 1.54) is 15.3 Å². The van der Waals surface area contributed by atoms with E-state index in [-0.39, 0.29) is 0 Å².